The maximum Gasteiger partial charge on any atom is 0.306 e. The van der Waals surface area contributed by atoms with Crippen LogP contribution in [0.2, 0.25) is 0 Å². The van der Waals surface area contributed by atoms with Crippen molar-refractivity contribution < 1.29 is 18.3 Å². The number of carbonyl (C=O) groups is 1. The summed E-state index contributed by atoms with van der Waals surface area (Å²) in [6.07, 6.45) is -0.586. The Balaban J connectivity index is 2.24. The fraction of sp³-hybridized carbons (Fsp3) is 0.500. The van der Waals surface area contributed by atoms with Crippen LogP contribution < -0.4 is 0 Å². The molecular formula is C14H15BrF2O2. The molecular weight excluding hydrogens is 318 g/mol. The second kappa shape index (κ2) is 5.19. The van der Waals surface area contributed by atoms with E-state index in [1.165, 1.54) is 0 Å². The van der Waals surface area contributed by atoms with E-state index in [1.54, 1.807) is 25.1 Å². The second-order valence-corrected chi connectivity index (χ2v) is 5.90. The lowest BCUT2D eigenvalue weighted by molar-refractivity contribution is -0.158. The number of benzene rings is 1. The third kappa shape index (κ3) is 3.14. The molecule has 1 aliphatic rings. The Bertz CT molecular complexity index is 480. The third-order valence-electron chi connectivity index (χ3n) is 3.42. The molecule has 1 fully saturated rings. The van der Waals surface area contributed by atoms with Crippen molar-refractivity contribution in [2.24, 2.45) is 0 Å². The predicted molar refractivity (Wildman–Crippen MR) is 71.3 cm³/mol. The van der Waals surface area contributed by atoms with Crippen LogP contribution in [0.5, 0.6) is 0 Å². The summed E-state index contributed by atoms with van der Waals surface area (Å²) in [6, 6.07) is 7.22. The van der Waals surface area contributed by atoms with E-state index in [1.807, 2.05) is 6.07 Å². The average Bonchev–Trinajstić information content (AvgIpc) is 2.26. The largest absolute Gasteiger partial charge is 0.466 e. The van der Waals surface area contributed by atoms with Crippen LogP contribution in [0.15, 0.2) is 28.7 Å². The molecule has 0 saturated heterocycles. The van der Waals surface area contributed by atoms with E-state index in [0.717, 1.165) is 10.0 Å². The van der Waals surface area contributed by atoms with Crippen molar-refractivity contribution in [3.63, 3.8) is 0 Å². The highest BCUT2D eigenvalue weighted by molar-refractivity contribution is 9.10. The zero-order valence-corrected chi connectivity index (χ0v) is 12.2. The first-order valence-electron chi connectivity index (χ1n) is 6.16. The van der Waals surface area contributed by atoms with E-state index in [-0.39, 0.29) is 25.9 Å². The molecule has 0 spiro atoms. The number of carbonyl (C=O) groups excluding carboxylic acids is 1. The molecule has 0 radical (unpaired) electrons. The van der Waals surface area contributed by atoms with Crippen LogP contribution in [0.3, 0.4) is 0 Å². The van der Waals surface area contributed by atoms with Gasteiger partial charge in [-0.25, -0.2) is 8.78 Å². The number of alkyl halides is 2. The van der Waals surface area contributed by atoms with Gasteiger partial charge in [0.15, 0.2) is 0 Å². The van der Waals surface area contributed by atoms with Crippen LogP contribution in [-0.2, 0) is 14.9 Å². The summed E-state index contributed by atoms with van der Waals surface area (Å²) >= 11 is 3.33. The van der Waals surface area contributed by atoms with Gasteiger partial charge < -0.3 is 4.74 Å². The van der Waals surface area contributed by atoms with Gasteiger partial charge in [0.25, 0.3) is 0 Å². The first-order chi connectivity index (χ1) is 8.87. The van der Waals surface area contributed by atoms with Crippen molar-refractivity contribution >= 4 is 21.9 Å². The van der Waals surface area contributed by atoms with Crippen LogP contribution in [0.4, 0.5) is 8.78 Å². The summed E-state index contributed by atoms with van der Waals surface area (Å²) in [5.74, 6) is -3.10. The summed E-state index contributed by atoms with van der Waals surface area (Å²) in [4.78, 5) is 11.6. The Morgan fingerprint density at radius 2 is 2.11 bits per heavy atom. The number of halogens is 3. The highest BCUT2D eigenvalue weighted by atomic mass is 79.9. The topological polar surface area (TPSA) is 26.3 Å². The molecule has 0 amide bonds. The fourth-order valence-corrected chi connectivity index (χ4v) is 3.08. The lowest BCUT2D eigenvalue weighted by Gasteiger charge is -2.47. The molecule has 0 aromatic heterocycles. The Kier molecular flexibility index (Phi) is 3.95. The molecule has 0 heterocycles. The lowest BCUT2D eigenvalue weighted by Crippen LogP contribution is -2.50. The summed E-state index contributed by atoms with van der Waals surface area (Å²) < 4.78 is 32.3. The van der Waals surface area contributed by atoms with E-state index >= 15 is 0 Å². The van der Waals surface area contributed by atoms with Crippen LogP contribution in [-0.4, -0.2) is 18.5 Å². The molecule has 1 aromatic rings. The average molecular weight is 333 g/mol. The van der Waals surface area contributed by atoms with E-state index in [9.17, 15) is 13.6 Å². The van der Waals surface area contributed by atoms with Gasteiger partial charge in [-0.1, -0.05) is 28.1 Å². The molecule has 2 rings (SSSR count). The maximum atomic E-state index is 13.3. The standard InChI is InChI=1S/C14H15BrF2O2/c1-2-19-12(18)7-13(8-14(16,17)9-13)10-4-3-5-11(15)6-10/h3-6H,2,7-9H2,1H3. The predicted octanol–water partition coefficient (Wildman–Crippen LogP) is 4.07. The van der Waals surface area contributed by atoms with Crippen molar-refractivity contribution in [3.8, 4) is 0 Å². The summed E-state index contributed by atoms with van der Waals surface area (Å²) in [5.41, 5.74) is -0.0275. The molecule has 19 heavy (non-hydrogen) atoms. The molecule has 0 bridgehead atoms. The van der Waals surface area contributed by atoms with Gasteiger partial charge in [0, 0.05) is 22.7 Å². The maximum absolute atomic E-state index is 13.3. The van der Waals surface area contributed by atoms with E-state index in [4.69, 9.17) is 4.74 Å². The lowest BCUT2D eigenvalue weighted by atomic mass is 9.60. The molecule has 0 aliphatic heterocycles. The fourth-order valence-electron chi connectivity index (χ4n) is 2.68. The van der Waals surface area contributed by atoms with Gasteiger partial charge in [0.05, 0.1) is 13.0 Å². The van der Waals surface area contributed by atoms with Gasteiger partial charge >= 0.3 is 5.97 Å². The Morgan fingerprint density at radius 1 is 1.42 bits per heavy atom. The second-order valence-electron chi connectivity index (χ2n) is 4.98. The quantitative estimate of drug-likeness (QED) is 0.777. The number of hydrogen-bond acceptors (Lipinski definition) is 2. The van der Waals surface area contributed by atoms with Gasteiger partial charge in [-0.05, 0) is 24.6 Å². The minimum Gasteiger partial charge on any atom is -0.466 e. The van der Waals surface area contributed by atoms with Gasteiger partial charge in [-0.2, -0.15) is 0 Å². The van der Waals surface area contributed by atoms with Crippen molar-refractivity contribution in [1.82, 2.24) is 0 Å². The Labute approximate surface area is 119 Å². The zero-order chi connectivity index (χ0) is 14.1. The minimum absolute atomic E-state index is 0.00683. The van der Waals surface area contributed by atoms with Gasteiger partial charge in [0.2, 0.25) is 5.92 Å². The monoisotopic (exact) mass is 332 g/mol. The number of hydrogen-bond donors (Lipinski definition) is 0. The highest BCUT2D eigenvalue weighted by Crippen LogP contribution is 2.55. The van der Waals surface area contributed by atoms with Gasteiger partial charge in [-0.15, -0.1) is 0 Å². The highest BCUT2D eigenvalue weighted by Gasteiger charge is 2.58. The third-order valence-corrected chi connectivity index (χ3v) is 3.91. The number of ether oxygens (including phenoxy) is 1. The van der Waals surface area contributed by atoms with Crippen molar-refractivity contribution in [3.05, 3.63) is 34.3 Å². The number of rotatable bonds is 4. The summed E-state index contributed by atoms with van der Waals surface area (Å²) in [5, 5.41) is 0. The molecule has 104 valence electrons. The first kappa shape index (κ1) is 14.4. The molecule has 1 aliphatic carbocycles. The van der Waals surface area contributed by atoms with Crippen molar-refractivity contribution in [2.75, 3.05) is 6.61 Å². The van der Waals surface area contributed by atoms with E-state index < -0.39 is 17.3 Å². The molecule has 1 aromatic carbocycles. The minimum atomic E-state index is -2.69. The Morgan fingerprint density at radius 3 is 2.63 bits per heavy atom. The van der Waals surface area contributed by atoms with Crippen LogP contribution >= 0.6 is 15.9 Å². The van der Waals surface area contributed by atoms with Gasteiger partial charge in [0.1, 0.15) is 0 Å². The summed E-state index contributed by atoms with van der Waals surface area (Å²) in [7, 11) is 0. The molecule has 1 saturated carbocycles. The van der Waals surface area contributed by atoms with E-state index in [0.29, 0.717) is 0 Å². The van der Waals surface area contributed by atoms with Crippen LogP contribution in [0, 0.1) is 0 Å². The van der Waals surface area contributed by atoms with E-state index in [2.05, 4.69) is 15.9 Å². The first-order valence-corrected chi connectivity index (χ1v) is 6.96. The summed E-state index contributed by atoms with van der Waals surface area (Å²) in [6.45, 7) is 1.98. The normalized spacial score (nSPS) is 19.6. The number of esters is 1. The van der Waals surface area contributed by atoms with Crippen molar-refractivity contribution in [1.29, 1.82) is 0 Å². The van der Waals surface area contributed by atoms with Crippen LogP contribution in [0.1, 0.15) is 31.7 Å². The molecule has 0 N–H and O–H groups in total. The molecule has 0 unspecified atom stereocenters. The van der Waals surface area contributed by atoms with Gasteiger partial charge in [-0.3, -0.25) is 4.79 Å². The SMILES string of the molecule is CCOC(=O)CC1(c2cccc(Br)c2)CC(F)(F)C1. The molecule has 2 nitrogen and oxygen atoms in total. The van der Waals surface area contributed by atoms with Crippen molar-refractivity contribution in [2.45, 2.75) is 37.5 Å². The smallest absolute Gasteiger partial charge is 0.306 e. The molecule has 5 heteroatoms. The Hall–Kier alpha value is -0.970. The zero-order valence-electron chi connectivity index (χ0n) is 10.6. The molecule has 0 atom stereocenters. The van der Waals surface area contributed by atoms with Crippen LogP contribution in [0.25, 0.3) is 0 Å².